The zero-order valence-electron chi connectivity index (χ0n) is 11.3. The molecule has 3 nitrogen and oxygen atoms in total. The van der Waals surface area contributed by atoms with Gasteiger partial charge in [0.15, 0.2) is 0 Å². The number of benzene rings is 1. The van der Waals surface area contributed by atoms with E-state index in [1.807, 2.05) is 6.07 Å². The number of likely N-dealkylation sites (tertiary alicyclic amines) is 1. The molecule has 0 bridgehead atoms. The fourth-order valence-corrected chi connectivity index (χ4v) is 3.20. The molecule has 4 heteroatoms. The van der Waals surface area contributed by atoms with E-state index < -0.39 is 0 Å². The minimum atomic E-state index is 0.474. The summed E-state index contributed by atoms with van der Waals surface area (Å²) in [7, 11) is 0. The zero-order chi connectivity index (χ0) is 13.2. The molecule has 1 saturated heterocycles. The molecule has 1 aromatic heterocycles. The fourth-order valence-electron chi connectivity index (χ4n) is 2.99. The number of nitrogens with zero attached hydrogens (tertiary/aromatic N) is 3. The Morgan fingerprint density at radius 3 is 2.74 bits per heavy atom. The van der Waals surface area contributed by atoms with Gasteiger partial charge in [-0.2, -0.15) is 0 Å². The van der Waals surface area contributed by atoms with Crippen LogP contribution in [0.4, 0.5) is 0 Å². The van der Waals surface area contributed by atoms with Crippen molar-refractivity contribution in [1.82, 2.24) is 14.5 Å². The molecule has 102 valence electrons. The first-order valence-corrected chi connectivity index (χ1v) is 7.57. The molecule has 3 rings (SSSR count). The van der Waals surface area contributed by atoms with Crippen LogP contribution < -0.4 is 0 Å². The van der Waals surface area contributed by atoms with Crippen molar-refractivity contribution in [3.05, 3.63) is 30.1 Å². The predicted molar refractivity (Wildman–Crippen MR) is 79.6 cm³/mol. The molecule has 1 aliphatic rings. The van der Waals surface area contributed by atoms with E-state index in [0.717, 1.165) is 17.9 Å². The highest BCUT2D eigenvalue weighted by molar-refractivity contribution is 6.16. The standard InChI is InChI=1S/C15H20ClN3/c1-12(18-8-4-5-9-18)11-19-14-7-3-2-6-13(14)17-15(19)10-16/h2-3,6-7,12H,4-5,8-11H2,1H3. The Kier molecular flexibility index (Phi) is 3.76. The summed E-state index contributed by atoms with van der Waals surface area (Å²) in [5, 5.41) is 0. The third kappa shape index (κ3) is 2.49. The van der Waals surface area contributed by atoms with Crippen LogP contribution in [0, 0.1) is 0 Å². The van der Waals surface area contributed by atoms with E-state index in [9.17, 15) is 0 Å². The van der Waals surface area contributed by atoms with Crippen LogP contribution >= 0.6 is 11.6 Å². The Morgan fingerprint density at radius 1 is 1.26 bits per heavy atom. The van der Waals surface area contributed by atoms with Gasteiger partial charge in [0, 0.05) is 12.6 Å². The Labute approximate surface area is 119 Å². The van der Waals surface area contributed by atoms with Crippen molar-refractivity contribution in [3.63, 3.8) is 0 Å². The Morgan fingerprint density at radius 2 is 2.00 bits per heavy atom. The molecule has 0 amide bonds. The summed E-state index contributed by atoms with van der Waals surface area (Å²) in [6, 6.07) is 8.83. The highest BCUT2D eigenvalue weighted by atomic mass is 35.5. The van der Waals surface area contributed by atoms with Gasteiger partial charge in [-0.3, -0.25) is 4.90 Å². The normalized spacial score (nSPS) is 18.2. The molecule has 1 fully saturated rings. The Balaban J connectivity index is 1.90. The molecule has 0 spiro atoms. The first-order chi connectivity index (χ1) is 9.29. The fraction of sp³-hybridized carbons (Fsp3) is 0.533. The lowest BCUT2D eigenvalue weighted by Gasteiger charge is -2.25. The largest absolute Gasteiger partial charge is 0.325 e. The molecule has 1 unspecified atom stereocenters. The van der Waals surface area contributed by atoms with Crippen LogP contribution in [0.15, 0.2) is 24.3 Å². The highest BCUT2D eigenvalue weighted by Gasteiger charge is 2.20. The zero-order valence-corrected chi connectivity index (χ0v) is 12.1. The van der Waals surface area contributed by atoms with Crippen molar-refractivity contribution in [2.24, 2.45) is 0 Å². The number of imidazole rings is 1. The second kappa shape index (κ2) is 5.51. The summed E-state index contributed by atoms with van der Waals surface area (Å²) in [6.07, 6.45) is 2.66. The molecule has 2 aromatic rings. The number of aromatic nitrogens is 2. The molecule has 1 aromatic carbocycles. The van der Waals surface area contributed by atoms with Gasteiger partial charge in [0.05, 0.1) is 16.9 Å². The van der Waals surface area contributed by atoms with Crippen LogP contribution in [0.25, 0.3) is 11.0 Å². The topological polar surface area (TPSA) is 21.1 Å². The second-order valence-corrected chi connectivity index (χ2v) is 5.62. The summed E-state index contributed by atoms with van der Waals surface area (Å²) >= 11 is 6.05. The van der Waals surface area contributed by atoms with Crippen molar-refractivity contribution in [2.75, 3.05) is 13.1 Å². The maximum Gasteiger partial charge on any atom is 0.124 e. The SMILES string of the molecule is CC(Cn1c(CCl)nc2ccccc21)N1CCCC1. The van der Waals surface area contributed by atoms with Gasteiger partial charge in [-0.05, 0) is 45.0 Å². The second-order valence-electron chi connectivity index (χ2n) is 5.35. The van der Waals surface area contributed by atoms with Crippen LogP contribution in [0.3, 0.4) is 0 Å². The number of halogens is 1. The molecule has 19 heavy (non-hydrogen) atoms. The lowest BCUT2D eigenvalue weighted by molar-refractivity contribution is 0.236. The van der Waals surface area contributed by atoms with Crippen LogP contribution in [-0.4, -0.2) is 33.6 Å². The van der Waals surface area contributed by atoms with Crippen molar-refractivity contribution in [3.8, 4) is 0 Å². The minimum Gasteiger partial charge on any atom is -0.325 e. The van der Waals surface area contributed by atoms with E-state index >= 15 is 0 Å². The van der Waals surface area contributed by atoms with E-state index in [1.165, 1.54) is 31.4 Å². The van der Waals surface area contributed by atoms with Crippen molar-refractivity contribution >= 4 is 22.6 Å². The summed E-state index contributed by atoms with van der Waals surface area (Å²) in [5.41, 5.74) is 2.25. The van der Waals surface area contributed by atoms with Gasteiger partial charge in [-0.25, -0.2) is 4.98 Å². The van der Waals surface area contributed by atoms with E-state index in [2.05, 4.69) is 39.6 Å². The first-order valence-electron chi connectivity index (χ1n) is 7.04. The maximum absolute atomic E-state index is 6.05. The molecule has 1 aliphatic heterocycles. The quantitative estimate of drug-likeness (QED) is 0.800. The number of alkyl halides is 1. The average Bonchev–Trinajstić information content (AvgIpc) is 3.06. The van der Waals surface area contributed by atoms with Crippen LogP contribution in [0.5, 0.6) is 0 Å². The number of para-hydroxylation sites is 2. The highest BCUT2D eigenvalue weighted by Crippen LogP contribution is 2.20. The number of hydrogen-bond donors (Lipinski definition) is 0. The van der Waals surface area contributed by atoms with Crippen LogP contribution in [0.2, 0.25) is 0 Å². The van der Waals surface area contributed by atoms with Gasteiger partial charge in [-0.1, -0.05) is 12.1 Å². The molecule has 0 saturated carbocycles. The summed E-state index contributed by atoms with van der Waals surface area (Å²) in [6.45, 7) is 5.73. The lowest BCUT2D eigenvalue weighted by atomic mass is 10.2. The molecule has 2 heterocycles. The van der Waals surface area contributed by atoms with E-state index in [4.69, 9.17) is 11.6 Å². The molecule has 1 atom stereocenters. The van der Waals surface area contributed by atoms with E-state index in [0.29, 0.717) is 11.9 Å². The summed E-state index contributed by atoms with van der Waals surface area (Å²) in [4.78, 5) is 7.19. The predicted octanol–water partition coefficient (Wildman–Crippen LogP) is 3.26. The molecule has 0 aliphatic carbocycles. The van der Waals surface area contributed by atoms with Gasteiger partial charge < -0.3 is 4.57 Å². The third-order valence-corrected chi connectivity index (χ3v) is 4.30. The maximum atomic E-state index is 6.05. The van der Waals surface area contributed by atoms with Crippen molar-refractivity contribution in [1.29, 1.82) is 0 Å². The first kappa shape index (κ1) is 12.9. The van der Waals surface area contributed by atoms with E-state index in [1.54, 1.807) is 0 Å². The van der Waals surface area contributed by atoms with Gasteiger partial charge in [0.25, 0.3) is 0 Å². The third-order valence-electron chi connectivity index (χ3n) is 4.06. The van der Waals surface area contributed by atoms with Gasteiger partial charge in [-0.15, -0.1) is 11.6 Å². The smallest absolute Gasteiger partial charge is 0.124 e. The number of fused-ring (bicyclic) bond motifs is 1. The van der Waals surface area contributed by atoms with Gasteiger partial charge in [0.1, 0.15) is 5.82 Å². The monoisotopic (exact) mass is 277 g/mol. The number of rotatable bonds is 4. The van der Waals surface area contributed by atoms with Gasteiger partial charge in [0.2, 0.25) is 0 Å². The minimum absolute atomic E-state index is 0.474. The molecule has 0 N–H and O–H groups in total. The van der Waals surface area contributed by atoms with E-state index in [-0.39, 0.29) is 0 Å². The Hall–Kier alpha value is -1.06. The molecule has 0 radical (unpaired) electrons. The Bertz CT molecular complexity index is 558. The molecular weight excluding hydrogens is 258 g/mol. The van der Waals surface area contributed by atoms with Crippen LogP contribution in [-0.2, 0) is 12.4 Å². The van der Waals surface area contributed by atoms with Crippen molar-refractivity contribution < 1.29 is 0 Å². The summed E-state index contributed by atoms with van der Waals surface area (Å²) in [5.74, 6) is 1.45. The average molecular weight is 278 g/mol. The molecular formula is C15H20ClN3. The summed E-state index contributed by atoms with van der Waals surface area (Å²) < 4.78 is 2.28. The number of hydrogen-bond acceptors (Lipinski definition) is 2. The van der Waals surface area contributed by atoms with Crippen LogP contribution in [0.1, 0.15) is 25.6 Å². The van der Waals surface area contributed by atoms with Crippen molar-refractivity contribution in [2.45, 2.75) is 38.2 Å². The van der Waals surface area contributed by atoms with Gasteiger partial charge >= 0.3 is 0 Å². The lowest BCUT2D eigenvalue weighted by Crippen LogP contribution is -2.34.